The summed E-state index contributed by atoms with van der Waals surface area (Å²) in [5, 5.41) is 2.40. The first-order valence-electron chi connectivity index (χ1n) is 3.18. The van der Waals surface area contributed by atoms with Crippen LogP contribution in [0.2, 0.25) is 0 Å². The van der Waals surface area contributed by atoms with Gasteiger partial charge in [-0.15, -0.1) is 0 Å². The highest BCUT2D eigenvalue weighted by atomic mass is 16.2. The van der Waals surface area contributed by atoms with Crippen molar-refractivity contribution >= 4 is 12.2 Å². The molecule has 1 heterocycles. The Balaban J connectivity index is 2.34. The Hall–Kier alpha value is -1.58. The summed E-state index contributed by atoms with van der Waals surface area (Å²) in [5.74, 6) is -0.598. The van der Waals surface area contributed by atoms with Gasteiger partial charge in [0.2, 0.25) is 6.29 Å². The van der Waals surface area contributed by atoms with Crippen LogP contribution in [0.1, 0.15) is 5.69 Å². The third kappa shape index (κ3) is 2.25. The molecule has 0 aliphatic heterocycles. The number of H-pyrrole nitrogens is 1. The summed E-state index contributed by atoms with van der Waals surface area (Å²) in [4.78, 5) is 23.1. The molecule has 0 saturated carbocycles. The first-order valence-corrected chi connectivity index (χ1v) is 3.18. The van der Waals surface area contributed by atoms with E-state index in [0.717, 1.165) is 5.69 Å². The van der Waals surface area contributed by atoms with E-state index in [1.807, 2.05) is 12.1 Å². The molecule has 0 aromatic carbocycles. The summed E-state index contributed by atoms with van der Waals surface area (Å²) >= 11 is 0. The lowest BCUT2D eigenvalue weighted by molar-refractivity contribution is -0.131. The van der Waals surface area contributed by atoms with Crippen LogP contribution in [0.15, 0.2) is 18.3 Å². The van der Waals surface area contributed by atoms with Crippen LogP contribution in [-0.2, 0) is 16.1 Å². The minimum absolute atomic E-state index is 0.253. The number of carbonyl (C=O) groups excluding carboxylic acids is 2. The molecule has 0 aliphatic rings. The predicted molar refractivity (Wildman–Crippen MR) is 38.7 cm³/mol. The molecular weight excluding hydrogens is 144 g/mol. The molecule has 1 rings (SSSR count). The Morgan fingerprint density at radius 2 is 2.55 bits per heavy atom. The van der Waals surface area contributed by atoms with Crippen LogP contribution in [0.3, 0.4) is 0 Å². The van der Waals surface area contributed by atoms with Gasteiger partial charge in [-0.1, -0.05) is 0 Å². The van der Waals surface area contributed by atoms with Gasteiger partial charge < -0.3 is 10.3 Å². The zero-order valence-electron chi connectivity index (χ0n) is 5.83. The van der Waals surface area contributed by atoms with E-state index in [0.29, 0.717) is 6.54 Å². The lowest BCUT2D eigenvalue weighted by Gasteiger charge is -1.96. The Morgan fingerprint density at radius 1 is 1.73 bits per heavy atom. The highest BCUT2D eigenvalue weighted by Crippen LogP contribution is 1.91. The average molecular weight is 152 g/mol. The molecule has 1 aromatic rings. The van der Waals surface area contributed by atoms with Crippen molar-refractivity contribution in [2.75, 3.05) is 0 Å². The average Bonchev–Trinajstić information content (AvgIpc) is 2.52. The maximum Gasteiger partial charge on any atom is 0.284 e. The van der Waals surface area contributed by atoms with Crippen molar-refractivity contribution in [1.82, 2.24) is 10.3 Å². The van der Waals surface area contributed by atoms with Crippen molar-refractivity contribution in [3.63, 3.8) is 0 Å². The van der Waals surface area contributed by atoms with E-state index in [1.54, 1.807) is 6.20 Å². The molecule has 0 aliphatic carbocycles. The molecule has 0 spiro atoms. The Kier molecular flexibility index (Phi) is 2.43. The van der Waals surface area contributed by atoms with Gasteiger partial charge in [0.05, 0.1) is 6.54 Å². The standard InChI is InChI=1S/C7H8N2O2/c10-5-7(11)9-4-6-2-1-3-8-6/h1-3,5,8H,4H2,(H,9,11). The number of nitrogens with one attached hydrogen (secondary N) is 2. The quantitative estimate of drug-likeness (QED) is 0.466. The Labute approximate surface area is 63.6 Å². The summed E-state index contributed by atoms with van der Waals surface area (Å²) in [5.41, 5.74) is 0.875. The van der Waals surface area contributed by atoms with Crippen LogP contribution in [0.5, 0.6) is 0 Å². The number of aromatic nitrogens is 1. The fourth-order valence-electron chi connectivity index (χ4n) is 0.701. The number of aromatic amines is 1. The van der Waals surface area contributed by atoms with E-state index in [2.05, 4.69) is 10.3 Å². The number of hydrogen-bond acceptors (Lipinski definition) is 2. The molecule has 11 heavy (non-hydrogen) atoms. The highest BCUT2D eigenvalue weighted by Gasteiger charge is 1.96. The number of carbonyl (C=O) groups is 2. The predicted octanol–water partition coefficient (Wildman–Crippen LogP) is -0.170. The van der Waals surface area contributed by atoms with Crippen molar-refractivity contribution in [2.45, 2.75) is 6.54 Å². The van der Waals surface area contributed by atoms with Gasteiger partial charge in [-0.3, -0.25) is 9.59 Å². The van der Waals surface area contributed by atoms with Crippen LogP contribution < -0.4 is 5.32 Å². The van der Waals surface area contributed by atoms with Gasteiger partial charge in [-0.05, 0) is 12.1 Å². The molecule has 58 valence electrons. The van der Waals surface area contributed by atoms with Crippen LogP contribution >= 0.6 is 0 Å². The van der Waals surface area contributed by atoms with E-state index in [9.17, 15) is 9.59 Å². The highest BCUT2D eigenvalue weighted by molar-refractivity contribution is 6.23. The van der Waals surface area contributed by atoms with E-state index in [4.69, 9.17) is 0 Å². The second-order valence-corrected chi connectivity index (χ2v) is 2.03. The summed E-state index contributed by atoms with van der Waals surface area (Å²) in [6.07, 6.45) is 2.01. The van der Waals surface area contributed by atoms with E-state index in [1.165, 1.54) is 0 Å². The molecule has 0 bridgehead atoms. The van der Waals surface area contributed by atoms with Crippen molar-refractivity contribution in [3.05, 3.63) is 24.0 Å². The largest absolute Gasteiger partial charge is 0.364 e. The molecule has 1 amide bonds. The lowest BCUT2D eigenvalue weighted by atomic mass is 10.4. The first-order chi connectivity index (χ1) is 5.33. The third-order valence-corrected chi connectivity index (χ3v) is 1.22. The molecule has 0 radical (unpaired) electrons. The molecule has 0 atom stereocenters. The number of rotatable bonds is 3. The fraction of sp³-hybridized carbons (Fsp3) is 0.143. The van der Waals surface area contributed by atoms with Crippen LogP contribution in [-0.4, -0.2) is 17.2 Å². The second-order valence-electron chi connectivity index (χ2n) is 2.03. The number of amides is 1. The van der Waals surface area contributed by atoms with Crippen molar-refractivity contribution in [1.29, 1.82) is 0 Å². The smallest absolute Gasteiger partial charge is 0.284 e. The normalized spacial score (nSPS) is 9.09. The molecule has 0 unspecified atom stereocenters. The van der Waals surface area contributed by atoms with Crippen molar-refractivity contribution in [2.24, 2.45) is 0 Å². The molecule has 4 heteroatoms. The van der Waals surface area contributed by atoms with Gasteiger partial charge in [0, 0.05) is 11.9 Å². The van der Waals surface area contributed by atoms with Gasteiger partial charge in [0.1, 0.15) is 0 Å². The number of aldehydes is 1. The van der Waals surface area contributed by atoms with Gasteiger partial charge in [-0.2, -0.15) is 0 Å². The first kappa shape index (κ1) is 7.53. The van der Waals surface area contributed by atoms with Gasteiger partial charge >= 0.3 is 0 Å². The van der Waals surface area contributed by atoms with E-state index >= 15 is 0 Å². The Bertz CT molecular complexity index is 241. The zero-order chi connectivity index (χ0) is 8.10. The van der Waals surface area contributed by atoms with Gasteiger partial charge in [0.25, 0.3) is 5.91 Å². The number of hydrogen-bond donors (Lipinski definition) is 2. The minimum atomic E-state index is -0.598. The Morgan fingerprint density at radius 3 is 3.09 bits per heavy atom. The zero-order valence-corrected chi connectivity index (χ0v) is 5.83. The molecule has 0 fully saturated rings. The summed E-state index contributed by atoms with van der Waals surface area (Å²) < 4.78 is 0. The molecule has 1 aromatic heterocycles. The minimum Gasteiger partial charge on any atom is -0.364 e. The molecular formula is C7H8N2O2. The van der Waals surface area contributed by atoms with Crippen LogP contribution in [0, 0.1) is 0 Å². The maximum atomic E-state index is 10.4. The SMILES string of the molecule is O=CC(=O)NCc1ccc[nH]1. The monoisotopic (exact) mass is 152 g/mol. The van der Waals surface area contributed by atoms with Crippen LogP contribution in [0.4, 0.5) is 0 Å². The maximum absolute atomic E-state index is 10.4. The third-order valence-electron chi connectivity index (χ3n) is 1.22. The molecule has 4 nitrogen and oxygen atoms in total. The molecule has 0 saturated heterocycles. The van der Waals surface area contributed by atoms with E-state index in [-0.39, 0.29) is 6.29 Å². The van der Waals surface area contributed by atoms with Gasteiger partial charge in [0.15, 0.2) is 0 Å². The molecule has 2 N–H and O–H groups in total. The van der Waals surface area contributed by atoms with E-state index < -0.39 is 5.91 Å². The van der Waals surface area contributed by atoms with Crippen molar-refractivity contribution in [3.8, 4) is 0 Å². The topological polar surface area (TPSA) is 62.0 Å². The second kappa shape index (κ2) is 3.55. The summed E-state index contributed by atoms with van der Waals surface area (Å²) in [6, 6.07) is 3.65. The van der Waals surface area contributed by atoms with Crippen molar-refractivity contribution < 1.29 is 9.59 Å². The summed E-state index contributed by atoms with van der Waals surface area (Å²) in [6.45, 7) is 0.366. The van der Waals surface area contributed by atoms with Gasteiger partial charge in [-0.25, -0.2) is 0 Å². The lowest BCUT2D eigenvalue weighted by Crippen LogP contribution is -2.23. The summed E-state index contributed by atoms with van der Waals surface area (Å²) in [7, 11) is 0. The van der Waals surface area contributed by atoms with Crippen LogP contribution in [0.25, 0.3) is 0 Å². The fourth-order valence-corrected chi connectivity index (χ4v) is 0.701.